The summed E-state index contributed by atoms with van der Waals surface area (Å²) in [5.41, 5.74) is 2.78. The van der Waals surface area contributed by atoms with E-state index in [1.165, 1.54) is 5.39 Å². The lowest BCUT2D eigenvalue weighted by molar-refractivity contribution is 0.811. The van der Waals surface area contributed by atoms with Gasteiger partial charge in [-0.15, -0.1) is 5.10 Å². The normalized spacial score (nSPS) is 11.5. The van der Waals surface area contributed by atoms with E-state index < -0.39 is 0 Å². The van der Waals surface area contributed by atoms with Gasteiger partial charge < -0.3 is 0 Å². The number of benzene rings is 3. The fourth-order valence-corrected chi connectivity index (χ4v) is 3.07. The minimum absolute atomic E-state index is 0.813. The van der Waals surface area contributed by atoms with Gasteiger partial charge in [-0.25, -0.2) is 4.98 Å². The molecule has 4 nitrogen and oxygen atoms in total. The van der Waals surface area contributed by atoms with E-state index in [1.807, 2.05) is 53.2 Å². The number of pyridine rings is 1. The van der Waals surface area contributed by atoms with Crippen molar-refractivity contribution in [1.29, 1.82) is 0 Å². The molecule has 5 aromatic rings. The summed E-state index contributed by atoms with van der Waals surface area (Å²) in [5, 5.41) is 12.0. The van der Waals surface area contributed by atoms with Crippen LogP contribution in [0.1, 0.15) is 0 Å². The summed E-state index contributed by atoms with van der Waals surface area (Å²) in [6.07, 6.45) is 0. The molecule has 0 amide bonds. The number of fused-ring (bicyclic) bond motifs is 4. The Morgan fingerprint density at radius 1 is 0.609 bits per heavy atom. The number of hydrogen-bond acceptors (Lipinski definition) is 3. The lowest BCUT2D eigenvalue weighted by Crippen LogP contribution is -2.01. The van der Waals surface area contributed by atoms with Crippen LogP contribution in [0.25, 0.3) is 38.5 Å². The van der Waals surface area contributed by atoms with Crippen LogP contribution in [0, 0.1) is 0 Å². The first-order chi connectivity index (χ1) is 11.4. The van der Waals surface area contributed by atoms with Gasteiger partial charge in [-0.2, -0.15) is 4.68 Å². The van der Waals surface area contributed by atoms with Gasteiger partial charge >= 0.3 is 0 Å². The van der Waals surface area contributed by atoms with Gasteiger partial charge in [0.05, 0.1) is 11.0 Å². The van der Waals surface area contributed by atoms with Crippen molar-refractivity contribution in [2.45, 2.75) is 0 Å². The van der Waals surface area contributed by atoms with Crippen LogP contribution < -0.4 is 0 Å². The number of nitrogens with zero attached hydrogens (tertiary/aromatic N) is 4. The van der Waals surface area contributed by atoms with Crippen LogP contribution >= 0.6 is 0 Å². The highest BCUT2D eigenvalue weighted by Crippen LogP contribution is 2.29. The molecule has 0 bridgehead atoms. The third kappa shape index (κ3) is 1.75. The molecule has 0 fully saturated rings. The Balaban J connectivity index is 1.97. The third-order valence-corrected chi connectivity index (χ3v) is 4.14. The molecule has 4 heteroatoms. The Bertz CT molecular complexity index is 1170. The molecule has 0 atom stereocenters. The van der Waals surface area contributed by atoms with Gasteiger partial charge in [0, 0.05) is 10.8 Å². The molecule has 0 radical (unpaired) electrons. The van der Waals surface area contributed by atoms with Crippen LogP contribution in [0.5, 0.6) is 0 Å². The summed E-state index contributed by atoms with van der Waals surface area (Å²) in [6, 6.07) is 24.4. The molecule has 0 saturated carbocycles. The van der Waals surface area contributed by atoms with Crippen molar-refractivity contribution in [3.05, 3.63) is 72.8 Å². The average molecular weight is 296 g/mol. The van der Waals surface area contributed by atoms with Crippen LogP contribution in [-0.4, -0.2) is 20.0 Å². The Hall–Kier alpha value is -3.27. The predicted molar refractivity (Wildman–Crippen MR) is 91.7 cm³/mol. The molecule has 0 aliphatic carbocycles. The van der Waals surface area contributed by atoms with Gasteiger partial charge in [-0.05, 0) is 23.6 Å². The molecule has 5 rings (SSSR count). The average Bonchev–Trinajstić information content (AvgIpc) is 3.05. The lowest BCUT2D eigenvalue weighted by atomic mass is 10.1. The largest absolute Gasteiger partial charge is 0.228 e. The minimum Gasteiger partial charge on any atom is -0.228 e. The maximum atomic E-state index is 4.86. The van der Waals surface area contributed by atoms with E-state index in [0.717, 1.165) is 33.1 Å². The van der Waals surface area contributed by atoms with E-state index in [-0.39, 0.29) is 0 Å². The zero-order valence-corrected chi connectivity index (χ0v) is 12.2. The molecule has 108 valence electrons. The van der Waals surface area contributed by atoms with Crippen molar-refractivity contribution < 1.29 is 0 Å². The summed E-state index contributed by atoms with van der Waals surface area (Å²) in [7, 11) is 0. The number of rotatable bonds is 1. The first-order valence-corrected chi connectivity index (χ1v) is 7.50. The minimum atomic E-state index is 0.813. The second-order valence-electron chi connectivity index (χ2n) is 5.49. The molecular weight excluding hydrogens is 284 g/mol. The van der Waals surface area contributed by atoms with Crippen molar-refractivity contribution >= 4 is 32.7 Å². The second kappa shape index (κ2) is 4.61. The van der Waals surface area contributed by atoms with Crippen LogP contribution in [0.3, 0.4) is 0 Å². The SMILES string of the molecule is c1ccc2c(c1)nc(-n1nnc3ccccc31)c1ccccc12. The molecule has 2 aromatic heterocycles. The second-order valence-corrected chi connectivity index (χ2v) is 5.49. The Labute approximate surface area is 132 Å². The van der Waals surface area contributed by atoms with E-state index in [2.05, 4.69) is 34.6 Å². The van der Waals surface area contributed by atoms with Crippen molar-refractivity contribution in [3.63, 3.8) is 0 Å². The Morgan fingerprint density at radius 3 is 2.13 bits per heavy atom. The fourth-order valence-electron chi connectivity index (χ4n) is 3.07. The summed E-state index contributed by atoms with van der Waals surface area (Å²) >= 11 is 0. The standard InChI is InChI=1S/C19H12N4/c1-2-9-15-13(7-1)14-8-3-4-10-16(14)20-19(15)23-18-12-6-5-11-17(18)21-22-23/h1-12H. The van der Waals surface area contributed by atoms with Gasteiger partial charge in [-0.3, -0.25) is 0 Å². The third-order valence-electron chi connectivity index (χ3n) is 4.14. The monoisotopic (exact) mass is 296 g/mol. The zero-order valence-electron chi connectivity index (χ0n) is 12.2. The maximum absolute atomic E-state index is 4.86. The van der Waals surface area contributed by atoms with Crippen molar-refractivity contribution in [3.8, 4) is 5.82 Å². The highest BCUT2D eigenvalue weighted by atomic mass is 15.4. The van der Waals surface area contributed by atoms with E-state index in [4.69, 9.17) is 4.98 Å². The number of aromatic nitrogens is 4. The summed E-state index contributed by atoms with van der Waals surface area (Å²) in [6.45, 7) is 0. The summed E-state index contributed by atoms with van der Waals surface area (Å²) < 4.78 is 1.82. The molecule has 0 aliphatic rings. The lowest BCUT2D eigenvalue weighted by Gasteiger charge is -2.09. The molecular formula is C19H12N4. The highest BCUT2D eigenvalue weighted by Gasteiger charge is 2.13. The first kappa shape index (κ1) is 12.3. The van der Waals surface area contributed by atoms with Crippen LogP contribution in [0.15, 0.2) is 72.8 Å². The molecule has 23 heavy (non-hydrogen) atoms. The molecule has 3 aromatic carbocycles. The maximum Gasteiger partial charge on any atom is 0.164 e. The van der Waals surface area contributed by atoms with Gasteiger partial charge in [0.15, 0.2) is 5.82 Å². The van der Waals surface area contributed by atoms with Gasteiger partial charge in [0.25, 0.3) is 0 Å². The van der Waals surface area contributed by atoms with Crippen molar-refractivity contribution in [2.24, 2.45) is 0 Å². The topological polar surface area (TPSA) is 43.6 Å². The molecule has 0 saturated heterocycles. The van der Waals surface area contributed by atoms with E-state index in [0.29, 0.717) is 0 Å². The first-order valence-electron chi connectivity index (χ1n) is 7.50. The smallest absolute Gasteiger partial charge is 0.164 e. The quantitative estimate of drug-likeness (QED) is 0.437. The molecule has 0 aliphatic heterocycles. The zero-order chi connectivity index (χ0) is 15.2. The molecule has 0 N–H and O–H groups in total. The van der Waals surface area contributed by atoms with Gasteiger partial charge in [0.2, 0.25) is 0 Å². The van der Waals surface area contributed by atoms with E-state index in [1.54, 1.807) is 0 Å². The molecule has 2 heterocycles. The Kier molecular flexibility index (Phi) is 2.46. The molecule has 0 unspecified atom stereocenters. The van der Waals surface area contributed by atoms with E-state index >= 15 is 0 Å². The molecule has 0 spiro atoms. The number of hydrogen-bond donors (Lipinski definition) is 0. The summed E-state index contributed by atoms with van der Waals surface area (Å²) in [4.78, 5) is 4.86. The predicted octanol–water partition coefficient (Wildman–Crippen LogP) is 4.12. The van der Waals surface area contributed by atoms with Crippen LogP contribution in [0.2, 0.25) is 0 Å². The van der Waals surface area contributed by atoms with E-state index in [9.17, 15) is 0 Å². The Morgan fingerprint density at radius 2 is 1.26 bits per heavy atom. The highest BCUT2D eigenvalue weighted by molar-refractivity contribution is 6.08. The van der Waals surface area contributed by atoms with Gasteiger partial charge in [-0.1, -0.05) is 59.8 Å². The number of para-hydroxylation sites is 2. The fraction of sp³-hybridized carbons (Fsp3) is 0. The van der Waals surface area contributed by atoms with Gasteiger partial charge in [0.1, 0.15) is 5.52 Å². The van der Waals surface area contributed by atoms with Crippen molar-refractivity contribution in [2.75, 3.05) is 0 Å². The van der Waals surface area contributed by atoms with Crippen LogP contribution in [0.4, 0.5) is 0 Å². The summed E-state index contributed by atoms with van der Waals surface area (Å²) in [5.74, 6) is 0.813. The van der Waals surface area contributed by atoms with Crippen molar-refractivity contribution in [1.82, 2.24) is 20.0 Å². The van der Waals surface area contributed by atoms with Crippen LogP contribution in [-0.2, 0) is 0 Å².